The first kappa shape index (κ1) is 22.3. The number of primary amides is 1. The molecule has 0 bridgehead atoms. The molecule has 4 aromatic carbocycles. The van der Waals surface area contributed by atoms with Crippen LogP contribution in [0.4, 0.5) is 13.2 Å². The van der Waals surface area contributed by atoms with Gasteiger partial charge in [-0.2, -0.15) is 0 Å². The fourth-order valence-electron chi connectivity index (χ4n) is 4.29. The molecule has 0 spiro atoms. The van der Waals surface area contributed by atoms with Crippen LogP contribution in [0.5, 0.6) is 0 Å². The Morgan fingerprint density at radius 3 is 2.29 bits per heavy atom. The van der Waals surface area contributed by atoms with Gasteiger partial charge in [0.1, 0.15) is 17.5 Å². The van der Waals surface area contributed by atoms with Gasteiger partial charge in [0.05, 0.1) is 17.6 Å². The maximum atomic E-state index is 14.5. The monoisotopic (exact) mass is 498 g/mol. The highest BCUT2D eigenvalue weighted by molar-refractivity contribution is 6.36. The lowest BCUT2D eigenvalue weighted by atomic mass is 10.0. The van der Waals surface area contributed by atoms with Crippen LogP contribution in [0.2, 0.25) is 10.0 Å². The first-order chi connectivity index (χ1) is 16.2. The number of amides is 1. The van der Waals surface area contributed by atoms with Gasteiger partial charge in [-0.3, -0.25) is 4.79 Å². The van der Waals surface area contributed by atoms with Gasteiger partial charge in [-0.05, 0) is 35.9 Å². The number of aromatic nitrogens is 1. The maximum Gasteiger partial charge on any atom is 0.249 e. The quantitative estimate of drug-likeness (QED) is 0.277. The number of nitrogens with zero attached hydrogens (tertiary/aromatic N) is 1. The second-order valence-corrected chi connectivity index (χ2v) is 8.70. The molecule has 1 aromatic heterocycles. The molecule has 0 aliphatic heterocycles. The van der Waals surface area contributed by atoms with Gasteiger partial charge in [0.15, 0.2) is 0 Å². The number of hydrogen-bond donors (Lipinski definition) is 1. The molecule has 2 N–H and O–H groups in total. The zero-order valence-electron chi connectivity index (χ0n) is 17.4. The Hall–Kier alpha value is -3.48. The van der Waals surface area contributed by atoms with Crippen LogP contribution in [0.3, 0.4) is 0 Å². The molecule has 0 radical (unpaired) electrons. The molecule has 1 amide bonds. The summed E-state index contributed by atoms with van der Waals surface area (Å²) in [6.45, 7) is -0.238. The molecule has 3 nitrogen and oxygen atoms in total. The Morgan fingerprint density at radius 1 is 0.882 bits per heavy atom. The van der Waals surface area contributed by atoms with Crippen molar-refractivity contribution >= 4 is 50.9 Å². The van der Waals surface area contributed by atoms with Crippen molar-refractivity contribution in [3.05, 3.63) is 105 Å². The lowest BCUT2D eigenvalue weighted by Crippen LogP contribution is -2.11. The first-order valence-corrected chi connectivity index (χ1v) is 10.9. The highest BCUT2D eigenvalue weighted by Crippen LogP contribution is 2.37. The molecule has 170 valence electrons. The van der Waals surface area contributed by atoms with Crippen LogP contribution in [-0.4, -0.2) is 10.5 Å². The topological polar surface area (TPSA) is 48.0 Å². The Morgan fingerprint density at radius 2 is 1.62 bits per heavy atom. The molecule has 0 saturated carbocycles. The van der Waals surface area contributed by atoms with E-state index in [4.69, 9.17) is 28.9 Å². The molecule has 0 fully saturated rings. The number of fused-ring (bicyclic) bond motifs is 3. The van der Waals surface area contributed by atoms with Crippen LogP contribution < -0.4 is 5.73 Å². The maximum absolute atomic E-state index is 14.5. The first-order valence-electron chi connectivity index (χ1n) is 10.2. The molecular formula is C26H15Cl2F3N2O. The Labute approximate surface area is 202 Å². The van der Waals surface area contributed by atoms with Gasteiger partial charge in [0.2, 0.25) is 5.91 Å². The average Bonchev–Trinajstić information content (AvgIpc) is 3.09. The van der Waals surface area contributed by atoms with Crippen molar-refractivity contribution in [3.63, 3.8) is 0 Å². The Bertz CT molecular complexity index is 1610. The van der Waals surface area contributed by atoms with Crippen LogP contribution >= 0.6 is 23.2 Å². The molecule has 0 atom stereocenters. The van der Waals surface area contributed by atoms with Gasteiger partial charge >= 0.3 is 0 Å². The minimum absolute atomic E-state index is 0.238. The summed E-state index contributed by atoms with van der Waals surface area (Å²) < 4.78 is 44.2. The number of hydrogen-bond acceptors (Lipinski definition) is 1. The van der Waals surface area contributed by atoms with Crippen molar-refractivity contribution in [1.82, 2.24) is 4.57 Å². The van der Waals surface area contributed by atoms with E-state index in [1.165, 1.54) is 0 Å². The summed E-state index contributed by atoms with van der Waals surface area (Å²) in [7, 11) is 0. The largest absolute Gasteiger partial charge is 0.366 e. The van der Waals surface area contributed by atoms with Gasteiger partial charge in [0.25, 0.3) is 0 Å². The molecule has 0 saturated heterocycles. The van der Waals surface area contributed by atoms with Crippen LogP contribution in [0, 0.1) is 17.5 Å². The zero-order valence-corrected chi connectivity index (χ0v) is 18.9. The number of nitrogens with two attached hydrogens (primary N) is 1. The van der Waals surface area contributed by atoms with E-state index in [-0.39, 0.29) is 17.7 Å². The predicted octanol–water partition coefficient (Wildman–Crippen LogP) is 7.33. The van der Waals surface area contributed by atoms with Gasteiger partial charge in [0, 0.05) is 49.6 Å². The van der Waals surface area contributed by atoms with E-state index in [0.717, 1.165) is 5.56 Å². The lowest BCUT2D eigenvalue weighted by Gasteiger charge is -2.11. The number of rotatable bonds is 4. The van der Waals surface area contributed by atoms with E-state index in [1.54, 1.807) is 47.0 Å². The van der Waals surface area contributed by atoms with Crippen LogP contribution in [0.25, 0.3) is 32.9 Å². The fourth-order valence-corrected chi connectivity index (χ4v) is 4.81. The average molecular weight is 499 g/mol. The summed E-state index contributed by atoms with van der Waals surface area (Å²) in [5, 5.41) is 2.14. The Balaban J connectivity index is 1.83. The highest BCUT2D eigenvalue weighted by atomic mass is 35.5. The van der Waals surface area contributed by atoms with Crippen LogP contribution in [0.15, 0.2) is 66.7 Å². The van der Waals surface area contributed by atoms with E-state index < -0.39 is 23.4 Å². The molecule has 0 aliphatic rings. The van der Waals surface area contributed by atoms with Gasteiger partial charge in [-0.25, -0.2) is 13.2 Å². The molecule has 0 unspecified atom stereocenters. The third-order valence-electron chi connectivity index (χ3n) is 5.82. The summed E-state index contributed by atoms with van der Waals surface area (Å²) in [6.07, 6.45) is 0. The van der Waals surface area contributed by atoms with Crippen molar-refractivity contribution < 1.29 is 18.0 Å². The molecular weight excluding hydrogens is 484 g/mol. The van der Waals surface area contributed by atoms with Gasteiger partial charge in [-0.1, -0.05) is 47.5 Å². The summed E-state index contributed by atoms with van der Waals surface area (Å²) >= 11 is 12.4. The smallest absolute Gasteiger partial charge is 0.249 e. The van der Waals surface area contributed by atoms with Crippen LogP contribution in [-0.2, 0) is 6.54 Å². The number of halogens is 5. The normalized spacial score (nSPS) is 11.4. The number of carbonyl (C=O) groups is 1. The second kappa shape index (κ2) is 8.38. The minimum Gasteiger partial charge on any atom is -0.366 e. The van der Waals surface area contributed by atoms with Crippen molar-refractivity contribution in [2.24, 2.45) is 5.73 Å². The second-order valence-electron chi connectivity index (χ2n) is 7.85. The van der Waals surface area contributed by atoms with E-state index in [0.29, 0.717) is 49.5 Å². The molecule has 0 aliphatic carbocycles. The SMILES string of the molecule is NC(=O)c1cccc2c1c1ccc(-c3ccc(Cl)cc3Cl)cc1n2Cc1c(F)cc(F)cc1F. The third-order valence-corrected chi connectivity index (χ3v) is 6.37. The molecule has 1 heterocycles. The van der Waals surface area contributed by atoms with E-state index in [1.807, 2.05) is 12.1 Å². The standard InChI is InChI=1S/C26H15Cl2F3N2O/c27-14-5-7-16(20(28)9-14)13-4-6-17-24(8-13)33(12-19-21(30)10-15(29)11-22(19)31)23-3-1-2-18(25(17)23)26(32)34/h1-11H,12H2,(H2,32,34). The minimum atomic E-state index is -1.00. The third kappa shape index (κ3) is 3.69. The summed E-state index contributed by atoms with van der Waals surface area (Å²) in [4.78, 5) is 12.2. The number of carbonyl (C=O) groups excluding carboxylic acids is 1. The Kier molecular flexibility index (Phi) is 5.50. The summed E-state index contributed by atoms with van der Waals surface area (Å²) in [6, 6.07) is 16.8. The van der Waals surface area contributed by atoms with Crippen molar-refractivity contribution in [1.29, 1.82) is 0 Å². The van der Waals surface area contributed by atoms with Gasteiger partial charge < -0.3 is 10.3 Å². The summed E-state index contributed by atoms with van der Waals surface area (Å²) in [5.41, 5.74) is 8.17. The van der Waals surface area contributed by atoms with Crippen molar-refractivity contribution in [3.8, 4) is 11.1 Å². The molecule has 8 heteroatoms. The molecule has 5 rings (SSSR count). The molecule has 34 heavy (non-hydrogen) atoms. The van der Waals surface area contributed by atoms with Crippen LogP contribution in [0.1, 0.15) is 15.9 Å². The lowest BCUT2D eigenvalue weighted by molar-refractivity contribution is 0.100. The van der Waals surface area contributed by atoms with Crippen molar-refractivity contribution in [2.75, 3.05) is 0 Å². The highest BCUT2D eigenvalue weighted by Gasteiger charge is 2.20. The summed E-state index contributed by atoms with van der Waals surface area (Å²) in [5.74, 6) is -3.64. The molecule has 5 aromatic rings. The van der Waals surface area contributed by atoms with E-state index in [9.17, 15) is 18.0 Å². The number of benzene rings is 4. The predicted molar refractivity (Wildman–Crippen MR) is 129 cm³/mol. The van der Waals surface area contributed by atoms with E-state index >= 15 is 0 Å². The fraction of sp³-hybridized carbons (Fsp3) is 0.0385. The van der Waals surface area contributed by atoms with Gasteiger partial charge in [-0.15, -0.1) is 0 Å². The van der Waals surface area contributed by atoms with E-state index in [2.05, 4.69) is 0 Å². The zero-order chi connectivity index (χ0) is 24.1. The van der Waals surface area contributed by atoms with Crippen molar-refractivity contribution in [2.45, 2.75) is 6.54 Å².